The molecule has 0 amide bonds. The van der Waals surface area contributed by atoms with Crippen LogP contribution in [0.4, 0.5) is 0 Å². The van der Waals surface area contributed by atoms with E-state index < -0.39 is 0 Å². The standard InChI is InChI=1S/C20H18N4O/c1-13(16-9-4-5-11-22-16)18(21)20-15(8-6-12-23-20)19-14-7-2-3-10-17(14)25-24-19/h2-13,18H,21H2,1H3/t13?,18-/m0/s1. The minimum atomic E-state index is -0.304. The second-order valence-corrected chi connectivity index (χ2v) is 6.03. The summed E-state index contributed by atoms with van der Waals surface area (Å²) in [6, 6.07) is 17.2. The van der Waals surface area contributed by atoms with Gasteiger partial charge in [0.25, 0.3) is 0 Å². The molecule has 1 unspecified atom stereocenters. The maximum Gasteiger partial charge on any atom is 0.167 e. The second-order valence-electron chi connectivity index (χ2n) is 6.03. The van der Waals surface area contributed by atoms with Crippen molar-refractivity contribution >= 4 is 11.0 Å². The topological polar surface area (TPSA) is 77.8 Å². The highest BCUT2D eigenvalue weighted by atomic mass is 16.5. The lowest BCUT2D eigenvalue weighted by atomic mass is 9.91. The molecule has 1 aromatic carbocycles. The van der Waals surface area contributed by atoms with E-state index in [0.717, 1.165) is 33.6 Å². The average molecular weight is 330 g/mol. The molecule has 0 saturated heterocycles. The lowest BCUT2D eigenvalue weighted by Gasteiger charge is -2.20. The Labute approximate surface area is 145 Å². The van der Waals surface area contributed by atoms with Gasteiger partial charge in [0.15, 0.2) is 5.58 Å². The van der Waals surface area contributed by atoms with Gasteiger partial charge >= 0.3 is 0 Å². The highest BCUT2D eigenvalue weighted by Gasteiger charge is 2.24. The highest BCUT2D eigenvalue weighted by Crippen LogP contribution is 2.35. The summed E-state index contributed by atoms with van der Waals surface area (Å²) in [7, 11) is 0. The van der Waals surface area contributed by atoms with Crippen LogP contribution in [0, 0.1) is 0 Å². The van der Waals surface area contributed by atoms with Gasteiger partial charge in [0.1, 0.15) is 5.69 Å². The SMILES string of the molecule is CC(c1ccccn1)[C@H](N)c1ncccc1-c1noc2ccccc12. The maximum absolute atomic E-state index is 6.56. The molecular weight excluding hydrogens is 312 g/mol. The van der Waals surface area contributed by atoms with E-state index in [1.807, 2.05) is 54.6 Å². The van der Waals surface area contributed by atoms with Crippen molar-refractivity contribution in [2.45, 2.75) is 18.9 Å². The molecule has 4 rings (SSSR count). The largest absolute Gasteiger partial charge is 0.356 e. The van der Waals surface area contributed by atoms with Crippen LogP contribution >= 0.6 is 0 Å². The van der Waals surface area contributed by atoms with Crippen molar-refractivity contribution in [3.8, 4) is 11.3 Å². The molecule has 2 atom stereocenters. The molecule has 0 aliphatic heterocycles. The van der Waals surface area contributed by atoms with Gasteiger partial charge in [0, 0.05) is 35.0 Å². The molecule has 5 nitrogen and oxygen atoms in total. The minimum absolute atomic E-state index is 0.0213. The molecule has 4 aromatic rings. The molecule has 5 heteroatoms. The molecule has 0 saturated carbocycles. The fraction of sp³-hybridized carbons (Fsp3) is 0.150. The molecule has 3 aromatic heterocycles. The van der Waals surface area contributed by atoms with E-state index in [1.165, 1.54) is 0 Å². The third kappa shape index (κ3) is 2.79. The number of benzene rings is 1. The summed E-state index contributed by atoms with van der Waals surface area (Å²) < 4.78 is 5.45. The summed E-state index contributed by atoms with van der Waals surface area (Å²) in [4.78, 5) is 8.98. The first-order valence-corrected chi connectivity index (χ1v) is 8.22. The van der Waals surface area contributed by atoms with E-state index in [2.05, 4.69) is 22.0 Å². The Morgan fingerprint density at radius 1 is 0.920 bits per heavy atom. The molecule has 0 aliphatic rings. The van der Waals surface area contributed by atoms with E-state index in [0.29, 0.717) is 0 Å². The lowest BCUT2D eigenvalue weighted by Crippen LogP contribution is -2.20. The average Bonchev–Trinajstić information content (AvgIpc) is 3.11. The number of aromatic nitrogens is 3. The van der Waals surface area contributed by atoms with Crippen molar-refractivity contribution in [2.75, 3.05) is 0 Å². The zero-order valence-electron chi connectivity index (χ0n) is 13.8. The summed E-state index contributed by atoms with van der Waals surface area (Å²) in [5.74, 6) is 0.0213. The van der Waals surface area contributed by atoms with Crippen molar-refractivity contribution in [3.05, 3.63) is 78.4 Å². The van der Waals surface area contributed by atoms with E-state index in [9.17, 15) is 0 Å². The van der Waals surface area contributed by atoms with Crippen LogP contribution in [0.1, 0.15) is 30.3 Å². The molecule has 0 radical (unpaired) electrons. The molecule has 0 spiro atoms. The lowest BCUT2D eigenvalue weighted by molar-refractivity contribution is 0.459. The van der Waals surface area contributed by atoms with Crippen molar-refractivity contribution in [1.29, 1.82) is 0 Å². The summed E-state index contributed by atoms with van der Waals surface area (Å²) in [5.41, 5.74) is 10.7. The number of rotatable bonds is 4. The number of fused-ring (bicyclic) bond motifs is 1. The molecule has 0 fully saturated rings. The van der Waals surface area contributed by atoms with Gasteiger partial charge in [-0.15, -0.1) is 0 Å². The van der Waals surface area contributed by atoms with Crippen molar-refractivity contribution in [1.82, 2.24) is 15.1 Å². The van der Waals surface area contributed by atoms with Gasteiger partial charge in [0.05, 0.1) is 11.7 Å². The van der Waals surface area contributed by atoms with Gasteiger partial charge in [-0.1, -0.05) is 30.3 Å². The second kappa shape index (κ2) is 6.45. The quantitative estimate of drug-likeness (QED) is 0.610. The Kier molecular flexibility index (Phi) is 3.99. The Morgan fingerprint density at radius 3 is 2.56 bits per heavy atom. The summed E-state index contributed by atoms with van der Waals surface area (Å²) in [5, 5.41) is 5.21. The van der Waals surface area contributed by atoms with Gasteiger partial charge in [-0.2, -0.15) is 0 Å². The van der Waals surface area contributed by atoms with Crippen molar-refractivity contribution in [3.63, 3.8) is 0 Å². The first-order valence-electron chi connectivity index (χ1n) is 8.22. The van der Waals surface area contributed by atoms with Crippen LogP contribution in [0.25, 0.3) is 22.2 Å². The van der Waals surface area contributed by atoms with Crippen LogP contribution in [0.3, 0.4) is 0 Å². The van der Waals surface area contributed by atoms with Crippen LogP contribution < -0.4 is 5.73 Å². The Morgan fingerprint density at radius 2 is 1.72 bits per heavy atom. The molecule has 3 heterocycles. The van der Waals surface area contributed by atoms with Gasteiger partial charge in [-0.05, 0) is 36.4 Å². The fourth-order valence-electron chi connectivity index (χ4n) is 3.03. The first-order chi connectivity index (χ1) is 12.3. The summed E-state index contributed by atoms with van der Waals surface area (Å²) in [6.07, 6.45) is 3.54. The molecule has 2 N–H and O–H groups in total. The number of para-hydroxylation sites is 1. The van der Waals surface area contributed by atoms with Crippen LogP contribution in [0.2, 0.25) is 0 Å². The Bertz CT molecular complexity index is 997. The van der Waals surface area contributed by atoms with E-state index >= 15 is 0 Å². The zero-order valence-corrected chi connectivity index (χ0v) is 13.8. The predicted octanol–water partition coefficient (Wildman–Crippen LogP) is 4.09. The minimum Gasteiger partial charge on any atom is -0.356 e. The monoisotopic (exact) mass is 330 g/mol. The molecule has 25 heavy (non-hydrogen) atoms. The normalized spacial score (nSPS) is 13.7. The Hall–Kier alpha value is -3.05. The third-order valence-corrected chi connectivity index (χ3v) is 4.48. The maximum atomic E-state index is 6.56. The van der Waals surface area contributed by atoms with Crippen LogP contribution in [-0.2, 0) is 0 Å². The molecule has 124 valence electrons. The first kappa shape index (κ1) is 15.5. The van der Waals surface area contributed by atoms with Gasteiger partial charge < -0.3 is 10.3 Å². The number of nitrogens with two attached hydrogens (primary N) is 1. The van der Waals surface area contributed by atoms with Crippen molar-refractivity contribution in [2.24, 2.45) is 5.73 Å². The van der Waals surface area contributed by atoms with E-state index in [-0.39, 0.29) is 12.0 Å². The van der Waals surface area contributed by atoms with Crippen molar-refractivity contribution < 1.29 is 4.52 Å². The third-order valence-electron chi connectivity index (χ3n) is 4.48. The van der Waals surface area contributed by atoms with Crippen LogP contribution in [0.15, 0.2) is 71.5 Å². The molecule has 0 bridgehead atoms. The van der Waals surface area contributed by atoms with Gasteiger partial charge in [-0.3, -0.25) is 9.97 Å². The van der Waals surface area contributed by atoms with E-state index in [1.54, 1.807) is 12.4 Å². The zero-order chi connectivity index (χ0) is 17.2. The van der Waals surface area contributed by atoms with Crippen LogP contribution in [-0.4, -0.2) is 15.1 Å². The van der Waals surface area contributed by atoms with Gasteiger partial charge in [0.2, 0.25) is 0 Å². The smallest absolute Gasteiger partial charge is 0.167 e. The number of nitrogens with zero attached hydrogens (tertiary/aromatic N) is 3. The van der Waals surface area contributed by atoms with E-state index in [4.69, 9.17) is 10.3 Å². The predicted molar refractivity (Wildman–Crippen MR) is 96.8 cm³/mol. The fourth-order valence-corrected chi connectivity index (χ4v) is 3.03. The van der Waals surface area contributed by atoms with Crippen LogP contribution in [0.5, 0.6) is 0 Å². The number of pyridine rings is 2. The Balaban J connectivity index is 1.79. The summed E-state index contributed by atoms with van der Waals surface area (Å²) >= 11 is 0. The van der Waals surface area contributed by atoms with Gasteiger partial charge in [-0.25, -0.2) is 0 Å². The number of hydrogen-bond acceptors (Lipinski definition) is 5. The summed E-state index contributed by atoms with van der Waals surface area (Å²) in [6.45, 7) is 2.06. The molecule has 0 aliphatic carbocycles. The molecular formula is C20H18N4O. The number of hydrogen-bond donors (Lipinski definition) is 1. The highest BCUT2D eigenvalue weighted by molar-refractivity contribution is 5.92.